The lowest BCUT2D eigenvalue weighted by Gasteiger charge is -2.35. The molecule has 7 nitrogen and oxygen atoms in total. The summed E-state index contributed by atoms with van der Waals surface area (Å²) in [5.41, 5.74) is 1.38. The number of nitrogens with one attached hydrogen (secondary N) is 1. The van der Waals surface area contributed by atoms with E-state index in [1.54, 1.807) is 43.5 Å². The number of anilines is 1. The van der Waals surface area contributed by atoms with Crippen LogP contribution in [0.4, 0.5) is 10.1 Å². The number of sulfonamides is 1. The highest BCUT2D eigenvalue weighted by atomic mass is 32.2. The third kappa shape index (κ3) is 5.70. The zero-order valence-electron chi connectivity index (χ0n) is 16.9. The Bertz CT molecular complexity index is 941. The number of piperazine rings is 1. The number of carbonyl (C=O) groups excluding carboxylic acids is 1. The van der Waals surface area contributed by atoms with Gasteiger partial charge in [-0.3, -0.25) is 4.79 Å². The molecule has 9 heteroatoms. The Morgan fingerprint density at radius 3 is 2.27 bits per heavy atom. The van der Waals surface area contributed by atoms with E-state index in [0.29, 0.717) is 43.9 Å². The minimum absolute atomic E-state index is 0.0214. The highest BCUT2D eigenvalue weighted by molar-refractivity contribution is 7.89. The van der Waals surface area contributed by atoms with Gasteiger partial charge in [0.2, 0.25) is 10.0 Å². The fourth-order valence-electron chi connectivity index (χ4n) is 3.31. The number of halogens is 1. The number of nitrogens with zero attached hydrogens (tertiary/aromatic N) is 2. The molecule has 30 heavy (non-hydrogen) atoms. The molecule has 0 bridgehead atoms. The first-order chi connectivity index (χ1) is 14.4. The maximum atomic E-state index is 13.1. The van der Waals surface area contributed by atoms with Gasteiger partial charge >= 0.3 is 0 Å². The van der Waals surface area contributed by atoms with Crippen LogP contribution in [0.3, 0.4) is 0 Å². The number of hydrogen-bond donors (Lipinski definition) is 1. The van der Waals surface area contributed by atoms with Gasteiger partial charge in [0.25, 0.3) is 5.91 Å². The molecule has 0 radical (unpaired) electrons. The van der Waals surface area contributed by atoms with E-state index in [2.05, 4.69) is 5.32 Å². The molecule has 2 aromatic carbocycles. The van der Waals surface area contributed by atoms with Crippen molar-refractivity contribution in [2.75, 3.05) is 50.5 Å². The summed E-state index contributed by atoms with van der Waals surface area (Å²) in [7, 11) is -1.83. The molecule has 1 aliphatic rings. The second kappa shape index (κ2) is 9.90. The summed E-state index contributed by atoms with van der Waals surface area (Å²) in [5.74, 6) is 0.103. The van der Waals surface area contributed by atoms with Crippen molar-refractivity contribution in [2.45, 2.75) is 6.42 Å². The first kappa shape index (κ1) is 22.0. The summed E-state index contributed by atoms with van der Waals surface area (Å²) in [5, 5.41) is 2.74. The first-order valence-corrected chi connectivity index (χ1v) is 11.4. The Labute approximate surface area is 176 Å². The number of carbonyl (C=O) groups is 1. The zero-order chi connectivity index (χ0) is 21.6. The maximum absolute atomic E-state index is 13.1. The Balaban J connectivity index is 1.42. The fourth-order valence-corrected chi connectivity index (χ4v) is 4.79. The largest absolute Gasteiger partial charge is 0.497 e. The Morgan fingerprint density at radius 1 is 1.03 bits per heavy atom. The lowest BCUT2D eigenvalue weighted by molar-refractivity contribution is 0.0953. The molecule has 1 aliphatic heterocycles. The van der Waals surface area contributed by atoms with Gasteiger partial charge in [-0.2, -0.15) is 4.31 Å². The molecule has 0 atom stereocenters. The van der Waals surface area contributed by atoms with Crippen molar-refractivity contribution in [3.8, 4) is 5.75 Å². The van der Waals surface area contributed by atoms with Crippen LogP contribution in [0.15, 0.2) is 48.5 Å². The molecular formula is C21H26FN3O4S. The predicted octanol–water partition coefficient (Wildman–Crippen LogP) is 2.11. The third-order valence-corrected chi connectivity index (χ3v) is 7.00. The third-order valence-electron chi connectivity index (χ3n) is 5.04. The average Bonchev–Trinajstić information content (AvgIpc) is 2.77. The Morgan fingerprint density at radius 2 is 1.67 bits per heavy atom. The molecule has 1 amide bonds. The number of benzene rings is 2. The predicted molar refractivity (Wildman–Crippen MR) is 114 cm³/mol. The summed E-state index contributed by atoms with van der Waals surface area (Å²) in [4.78, 5) is 14.2. The van der Waals surface area contributed by atoms with Gasteiger partial charge < -0.3 is 15.0 Å². The van der Waals surface area contributed by atoms with Crippen LogP contribution in [-0.4, -0.2) is 64.2 Å². The molecule has 2 aromatic rings. The van der Waals surface area contributed by atoms with Crippen molar-refractivity contribution in [3.05, 3.63) is 59.9 Å². The summed E-state index contributed by atoms with van der Waals surface area (Å²) < 4.78 is 44.8. The van der Waals surface area contributed by atoms with Crippen molar-refractivity contribution in [3.63, 3.8) is 0 Å². The zero-order valence-corrected chi connectivity index (χ0v) is 17.7. The molecule has 162 valence electrons. The standard InChI is InChI=1S/C21H26FN3O4S/c1-29-20-9-3-17(4-10-20)21(26)23-11-2-16-30(27,28)25-14-12-24(13-15-25)19-7-5-18(22)6-8-19/h3-10H,2,11-16H2,1H3,(H,23,26). The maximum Gasteiger partial charge on any atom is 0.251 e. The lowest BCUT2D eigenvalue weighted by atomic mass is 10.2. The normalized spacial score (nSPS) is 15.1. The molecule has 0 spiro atoms. The highest BCUT2D eigenvalue weighted by Gasteiger charge is 2.26. The minimum atomic E-state index is -3.39. The molecule has 3 rings (SSSR count). The van der Waals surface area contributed by atoms with Gasteiger partial charge in [0.1, 0.15) is 11.6 Å². The van der Waals surface area contributed by atoms with E-state index in [1.807, 2.05) is 4.90 Å². The highest BCUT2D eigenvalue weighted by Crippen LogP contribution is 2.18. The number of amides is 1. The van der Waals surface area contributed by atoms with Gasteiger partial charge in [-0.05, 0) is 55.0 Å². The van der Waals surface area contributed by atoms with E-state index in [1.165, 1.54) is 16.4 Å². The van der Waals surface area contributed by atoms with Gasteiger partial charge in [-0.1, -0.05) is 0 Å². The molecule has 0 unspecified atom stereocenters. The van der Waals surface area contributed by atoms with Gasteiger partial charge in [-0.15, -0.1) is 0 Å². The van der Waals surface area contributed by atoms with E-state index < -0.39 is 10.0 Å². The van der Waals surface area contributed by atoms with Crippen molar-refractivity contribution in [1.82, 2.24) is 9.62 Å². The minimum Gasteiger partial charge on any atom is -0.497 e. The summed E-state index contributed by atoms with van der Waals surface area (Å²) in [6.07, 6.45) is 0.336. The smallest absolute Gasteiger partial charge is 0.251 e. The summed E-state index contributed by atoms with van der Waals surface area (Å²) >= 11 is 0. The van der Waals surface area contributed by atoms with Crippen LogP contribution < -0.4 is 15.0 Å². The fraction of sp³-hybridized carbons (Fsp3) is 0.381. The van der Waals surface area contributed by atoms with E-state index in [9.17, 15) is 17.6 Å². The molecule has 1 N–H and O–H groups in total. The van der Waals surface area contributed by atoms with Gasteiger partial charge in [0.05, 0.1) is 12.9 Å². The Hall–Kier alpha value is -2.65. The van der Waals surface area contributed by atoms with Crippen LogP contribution in [0.25, 0.3) is 0 Å². The van der Waals surface area contributed by atoms with Crippen LogP contribution in [0.2, 0.25) is 0 Å². The number of rotatable bonds is 8. The quantitative estimate of drug-likeness (QED) is 0.643. The monoisotopic (exact) mass is 435 g/mol. The van der Waals surface area contributed by atoms with E-state index in [-0.39, 0.29) is 24.0 Å². The molecule has 1 heterocycles. The van der Waals surface area contributed by atoms with Gasteiger partial charge in [0, 0.05) is 44.0 Å². The molecular weight excluding hydrogens is 409 g/mol. The molecule has 1 saturated heterocycles. The van der Waals surface area contributed by atoms with Gasteiger partial charge in [-0.25, -0.2) is 12.8 Å². The number of hydrogen-bond acceptors (Lipinski definition) is 5. The number of methoxy groups -OCH3 is 1. The van der Waals surface area contributed by atoms with Gasteiger partial charge in [0.15, 0.2) is 0 Å². The van der Waals surface area contributed by atoms with E-state index in [0.717, 1.165) is 5.69 Å². The molecule has 0 aliphatic carbocycles. The molecule has 0 aromatic heterocycles. The summed E-state index contributed by atoms with van der Waals surface area (Å²) in [6.45, 7) is 2.16. The number of ether oxygens (including phenoxy) is 1. The second-order valence-corrected chi connectivity index (χ2v) is 9.10. The topological polar surface area (TPSA) is 78.9 Å². The molecule has 1 fully saturated rings. The molecule has 0 saturated carbocycles. The van der Waals surface area contributed by atoms with Crippen molar-refractivity contribution in [1.29, 1.82) is 0 Å². The van der Waals surface area contributed by atoms with Crippen molar-refractivity contribution in [2.24, 2.45) is 0 Å². The van der Waals surface area contributed by atoms with Crippen LogP contribution >= 0.6 is 0 Å². The van der Waals surface area contributed by atoms with E-state index >= 15 is 0 Å². The van der Waals surface area contributed by atoms with Crippen LogP contribution in [0.1, 0.15) is 16.8 Å². The van der Waals surface area contributed by atoms with E-state index in [4.69, 9.17) is 4.74 Å². The Kier molecular flexibility index (Phi) is 7.28. The summed E-state index contributed by atoms with van der Waals surface area (Å²) in [6, 6.07) is 12.9. The lowest BCUT2D eigenvalue weighted by Crippen LogP contribution is -2.49. The van der Waals surface area contributed by atoms with Crippen LogP contribution in [0, 0.1) is 5.82 Å². The van der Waals surface area contributed by atoms with Crippen LogP contribution in [0.5, 0.6) is 5.75 Å². The SMILES string of the molecule is COc1ccc(C(=O)NCCCS(=O)(=O)N2CCN(c3ccc(F)cc3)CC2)cc1. The second-order valence-electron chi connectivity index (χ2n) is 7.02. The van der Waals surface area contributed by atoms with Crippen LogP contribution in [-0.2, 0) is 10.0 Å². The first-order valence-electron chi connectivity index (χ1n) is 9.79. The average molecular weight is 436 g/mol. The van der Waals surface area contributed by atoms with Crippen molar-refractivity contribution >= 4 is 21.6 Å². The van der Waals surface area contributed by atoms with Crippen molar-refractivity contribution < 1.29 is 22.3 Å².